The van der Waals surface area contributed by atoms with Gasteiger partial charge in [0.25, 0.3) is 11.7 Å². The molecule has 1 N–H and O–H groups in total. The summed E-state index contributed by atoms with van der Waals surface area (Å²) in [5.41, 5.74) is 0.738. The standard InChI is InChI=1S/C13H15N3O3/c1-2-4-8-7-9(8)14-13-15-12-10(16(17)18)5-3-6-11(12)19-13/h3,5-6,8-9H,2,4,7H2,1H3,(H,14,15). The van der Waals surface area contributed by atoms with Crippen LogP contribution in [-0.4, -0.2) is 15.9 Å². The van der Waals surface area contributed by atoms with Crippen LogP contribution in [0.3, 0.4) is 0 Å². The minimum Gasteiger partial charge on any atom is -0.423 e. The van der Waals surface area contributed by atoms with E-state index >= 15 is 0 Å². The van der Waals surface area contributed by atoms with E-state index in [-0.39, 0.29) is 5.69 Å². The summed E-state index contributed by atoms with van der Waals surface area (Å²) < 4.78 is 5.51. The number of nitro benzene ring substituents is 1. The largest absolute Gasteiger partial charge is 0.423 e. The number of nitrogens with one attached hydrogen (secondary N) is 1. The molecule has 1 aromatic carbocycles. The molecule has 0 bridgehead atoms. The number of hydrogen-bond donors (Lipinski definition) is 1. The highest BCUT2D eigenvalue weighted by molar-refractivity contribution is 5.84. The third kappa shape index (κ3) is 2.25. The van der Waals surface area contributed by atoms with Gasteiger partial charge in [0.2, 0.25) is 0 Å². The average molecular weight is 261 g/mol. The van der Waals surface area contributed by atoms with Crippen molar-refractivity contribution in [1.29, 1.82) is 0 Å². The molecule has 0 saturated heterocycles. The summed E-state index contributed by atoms with van der Waals surface area (Å²) in [6.07, 6.45) is 3.48. The number of fused-ring (bicyclic) bond motifs is 1. The summed E-state index contributed by atoms with van der Waals surface area (Å²) in [6.45, 7) is 2.16. The summed E-state index contributed by atoms with van der Waals surface area (Å²) in [5.74, 6) is 0.676. The number of hydrogen-bond acceptors (Lipinski definition) is 5. The average Bonchev–Trinajstić information content (AvgIpc) is 2.96. The van der Waals surface area contributed by atoms with E-state index in [2.05, 4.69) is 17.2 Å². The molecule has 3 rings (SSSR count). The number of aromatic nitrogens is 1. The molecule has 1 aliphatic rings. The zero-order valence-corrected chi connectivity index (χ0v) is 10.6. The number of oxazole rings is 1. The number of nitrogens with zero attached hydrogens (tertiary/aromatic N) is 2. The van der Waals surface area contributed by atoms with E-state index in [4.69, 9.17) is 4.42 Å². The van der Waals surface area contributed by atoms with E-state index in [0.29, 0.717) is 29.1 Å². The van der Waals surface area contributed by atoms with Crippen LogP contribution in [0.1, 0.15) is 26.2 Å². The van der Waals surface area contributed by atoms with Crippen molar-refractivity contribution in [2.75, 3.05) is 5.32 Å². The van der Waals surface area contributed by atoms with Crippen LogP contribution in [0, 0.1) is 16.0 Å². The predicted molar refractivity (Wildman–Crippen MR) is 71.1 cm³/mol. The van der Waals surface area contributed by atoms with Gasteiger partial charge in [0.15, 0.2) is 11.1 Å². The van der Waals surface area contributed by atoms with Gasteiger partial charge >= 0.3 is 0 Å². The maximum atomic E-state index is 10.9. The third-order valence-corrected chi connectivity index (χ3v) is 3.49. The van der Waals surface area contributed by atoms with Crippen molar-refractivity contribution >= 4 is 22.8 Å². The monoisotopic (exact) mass is 261 g/mol. The highest BCUT2D eigenvalue weighted by Gasteiger charge is 2.37. The molecule has 0 spiro atoms. The number of benzene rings is 1. The Morgan fingerprint density at radius 3 is 3.16 bits per heavy atom. The van der Waals surface area contributed by atoms with Crippen LogP contribution in [-0.2, 0) is 0 Å². The summed E-state index contributed by atoms with van der Waals surface area (Å²) in [6, 6.07) is 5.51. The third-order valence-electron chi connectivity index (χ3n) is 3.49. The molecule has 100 valence electrons. The molecule has 2 unspecified atom stereocenters. The summed E-state index contributed by atoms with van der Waals surface area (Å²) in [7, 11) is 0. The molecule has 6 nitrogen and oxygen atoms in total. The second-order valence-electron chi connectivity index (χ2n) is 4.94. The van der Waals surface area contributed by atoms with Crippen molar-refractivity contribution in [3.63, 3.8) is 0 Å². The van der Waals surface area contributed by atoms with E-state index in [1.54, 1.807) is 12.1 Å². The fourth-order valence-corrected chi connectivity index (χ4v) is 2.42. The topological polar surface area (TPSA) is 81.2 Å². The molecular formula is C13H15N3O3. The Labute approximate surface area is 110 Å². The fourth-order valence-electron chi connectivity index (χ4n) is 2.42. The van der Waals surface area contributed by atoms with Crippen LogP contribution in [0.15, 0.2) is 22.6 Å². The minimum atomic E-state index is -0.439. The molecular weight excluding hydrogens is 246 g/mol. The summed E-state index contributed by atoms with van der Waals surface area (Å²) in [5, 5.41) is 14.1. The van der Waals surface area contributed by atoms with Crippen molar-refractivity contribution in [2.24, 2.45) is 5.92 Å². The number of nitro groups is 1. The highest BCUT2D eigenvalue weighted by Crippen LogP contribution is 2.38. The first-order chi connectivity index (χ1) is 9.19. The number of para-hydroxylation sites is 1. The molecule has 1 heterocycles. The maximum absolute atomic E-state index is 10.9. The van der Waals surface area contributed by atoms with Crippen molar-refractivity contribution in [3.8, 4) is 0 Å². The van der Waals surface area contributed by atoms with Gasteiger partial charge in [-0.05, 0) is 24.8 Å². The van der Waals surface area contributed by atoms with Crippen molar-refractivity contribution in [1.82, 2.24) is 4.98 Å². The molecule has 0 aliphatic heterocycles. The Balaban J connectivity index is 1.82. The van der Waals surface area contributed by atoms with Gasteiger partial charge in [-0.1, -0.05) is 19.4 Å². The lowest BCUT2D eigenvalue weighted by molar-refractivity contribution is -0.383. The van der Waals surface area contributed by atoms with Gasteiger partial charge in [0.05, 0.1) is 4.92 Å². The first-order valence-electron chi connectivity index (χ1n) is 6.49. The van der Waals surface area contributed by atoms with Crippen LogP contribution < -0.4 is 5.32 Å². The van der Waals surface area contributed by atoms with Crippen LogP contribution in [0.2, 0.25) is 0 Å². The van der Waals surface area contributed by atoms with E-state index in [0.717, 1.165) is 6.42 Å². The minimum absolute atomic E-state index is 0.0183. The van der Waals surface area contributed by atoms with Crippen LogP contribution in [0.25, 0.3) is 11.1 Å². The van der Waals surface area contributed by atoms with Crippen molar-refractivity contribution in [3.05, 3.63) is 28.3 Å². The van der Waals surface area contributed by atoms with E-state index in [1.807, 2.05) is 0 Å². The Morgan fingerprint density at radius 1 is 1.58 bits per heavy atom. The first-order valence-corrected chi connectivity index (χ1v) is 6.49. The second kappa shape index (κ2) is 4.53. The summed E-state index contributed by atoms with van der Waals surface area (Å²) in [4.78, 5) is 14.6. The van der Waals surface area contributed by atoms with Gasteiger partial charge in [-0.25, -0.2) is 0 Å². The molecule has 0 amide bonds. The summed E-state index contributed by atoms with van der Waals surface area (Å²) >= 11 is 0. The van der Waals surface area contributed by atoms with Crippen molar-refractivity contribution in [2.45, 2.75) is 32.2 Å². The lowest BCUT2D eigenvalue weighted by Gasteiger charge is -1.98. The maximum Gasteiger partial charge on any atom is 0.298 e. The predicted octanol–water partition coefficient (Wildman–Crippen LogP) is 3.34. The van der Waals surface area contributed by atoms with Gasteiger partial charge in [0.1, 0.15) is 0 Å². The number of anilines is 1. The Kier molecular flexibility index (Phi) is 2.85. The Morgan fingerprint density at radius 2 is 2.42 bits per heavy atom. The van der Waals surface area contributed by atoms with Gasteiger partial charge in [0, 0.05) is 12.1 Å². The normalized spacial score (nSPS) is 21.5. The van der Waals surface area contributed by atoms with Gasteiger partial charge in [-0.2, -0.15) is 4.98 Å². The lowest BCUT2D eigenvalue weighted by atomic mass is 10.2. The zero-order valence-electron chi connectivity index (χ0n) is 10.6. The molecule has 1 saturated carbocycles. The van der Waals surface area contributed by atoms with E-state index in [9.17, 15) is 10.1 Å². The molecule has 1 aliphatic carbocycles. The quantitative estimate of drug-likeness (QED) is 0.659. The van der Waals surface area contributed by atoms with Crippen LogP contribution >= 0.6 is 0 Å². The smallest absolute Gasteiger partial charge is 0.298 e. The molecule has 0 radical (unpaired) electrons. The zero-order chi connectivity index (χ0) is 13.4. The Bertz CT molecular complexity index is 623. The highest BCUT2D eigenvalue weighted by atomic mass is 16.6. The Hall–Kier alpha value is -2.11. The first kappa shape index (κ1) is 12.0. The van der Waals surface area contributed by atoms with Crippen molar-refractivity contribution < 1.29 is 9.34 Å². The number of rotatable bonds is 5. The van der Waals surface area contributed by atoms with Crippen LogP contribution in [0.5, 0.6) is 0 Å². The van der Waals surface area contributed by atoms with Gasteiger partial charge < -0.3 is 9.73 Å². The number of non-ortho nitro benzene ring substituents is 1. The molecule has 2 aromatic rings. The SMILES string of the molecule is CCCC1CC1Nc1nc2c([N+](=O)[O-])cccc2o1. The van der Waals surface area contributed by atoms with Crippen LogP contribution in [0.4, 0.5) is 11.7 Å². The molecule has 1 aromatic heterocycles. The lowest BCUT2D eigenvalue weighted by Crippen LogP contribution is -2.04. The van der Waals surface area contributed by atoms with E-state index in [1.165, 1.54) is 18.9 Å². The molecule has 6 heteroatoms. The molecule has 19 heavy (non-hydrogen) atoms. The fraction of sp³-hybridized carbons (Fsp3) is 0.462. The molecule has 2 atom stereocenters. The second-order valence-corrected chi connectivity index (χ2v) is 4.94. The van der Waals surface area contributed by atoms with E-state index < -0.39 is 4.92 Å². The van der Waals surface area contributed by atoms with Gasteiger partial charge in [-0.15, -0.1) is 0 Å². The molecule has 1 fully saturated rings. The van der Waals surface area contributed by atoms with Gasteiger partial charge in [-0.3, -0.25) is 10.1 Å².